The maximum Gasteiger partial charge on any atom is 0.308 e. The fraction of sp³-hybridized carbons (Fsp3) is 0.214. The minimum Gasteiger partial charge on any atom is -0.481 e. The number of fused-ring (bicyclic) bond motifs is 1. The van der Waals surface area contributed by atoms with Crippen molar-refractivity contribution in [1.82, 2.24) is 0 Å². The Kier molecular flexibility index (Phi) is 5.13. The molecule has 0 unspecified atom stereocenters. The summed E-state index contributed by atoms with van der Waals surface area (Å²) in [5.41, 5.74) is 6.47. The van der Waals surface area contributed by atoms with E-state index in [1.54, 1.807) is 0 Å². The van der Waals surface area contributed by atoms with E-state index in [4.69, 9.17) is 10.8 Å². The van der Waals surface area contributed by atoms with Gasteiger partial charge >= 0.3 is 5.97 Å². The Morgan fingerprint density at radius 2 is 1.83 bits per heavy atom. The normalized spacial score (nSPS) is 11.8. The van der Waals surface area contributed by atoms with Crippen LogP contribution in [0.25, 0.3) is 10.8 Å². The van der Waals surface area contributed by atoms with Gasteiger partial charge in [-0.25, -0.2) is 0 Å². The van der Waals surface area contributed by atoms with Crippen molar-refractivity contribution in [3.63, 3.8) is 0 Å². The van der Waals surface area contributed by atoms with Gasteiger partial charge in [0.2, 0.25) is 0 Å². The summed E-state index contributed by atoms with van der Waals surface area (Å²) >= 11 is 0. The maximum absolute atomic E-state index is 10.9. The molecule has 3 nitrogen and oxygen atoms in total. The van der Waals surface area contributed by atoms with E-state index < -0.39 is 11.9 Å². The van der Waals surface area contributed by atoms with Gasteiger partial charge in [0.1, 0.15) is 0 Å². The van der Waals surface area contributed by atoms with Crippen molar-refractivity contribution in [3.8, 4) is 0 Å². The Balaban J connectivity index is 0.00000162. The van der Waals surface area contributed by atoms with Crippen LogP contribution in [0.5, 0.6) is 0 Å². The molecule has 0 aliphatic carbocycles. The average Bonchev–Trinajstić information content (AvgIpc) is 2.35. The summed E-state index contributed by atoms with van der Waals surface area (Å²) in [6.45, 7) is 0.169. The van der Waals surface area contributed by atoms with E-state index >= 15 is 0 Å². The Hall–Kier alpha value is -1.58. The summed E-state index contributed by atoms with van der Waals surface area (Å²) in [7, 11) is 0. The second kappa shape index (κ2) is 6.38. The molecular weight excluding hydrogens is 250 g/mol. The number of carboxylic acid groups (broad SMARTS) is 1. The first-order chi connectivity index (χ1) is 8.20. The van der Waals surface area contributed by atoms with Crippen LogP contribution in [0.3, 0.4) is 0 Å². The third kappa shape index (κ3) is 3.22. The van der Waals surface area contributed by atoms with Crippen molar-refractivity contribution in [3.05, 3.63) is 48.0 Å². The van der Waals surface area contributed by atoms with Crippen molar-refractivity contribution >= 4 is 29.1 Å². The van der Waals surface area contributed by atoms with Crippen molar-refractivity contribution in [2.45, 2.75) is 6.42 Å². The molecule has 0 fully saturated rings. The lowest BCUT2D eigenvalue weighted by molar-refractivity contribution is -0.141. The van der Waals surface area contributed by atoms with Gasteiger partial charge in [-0.1, -0.05) is 42.5 Å². The van der Waals surface area contributed by atoms with Crippen LogP contribution in [0.4, 0.5) is 0 Å². The molecule has 0 aliphatic heterocycles. The van der Waals surface area contributed by atoms with Gasteiger partial charge in [-0.3, -0.25) is 4.79 Å². The predicted octanol–water partition coefficient (Wildman–Crippen LogP) is 2.46. The molecule has 2 rings (SSSR count). The number of carbonyl (C=O) groups is 1. The molecule has 96 valence electrons. The van der Waals surface area contributed by atoms with Crippen LogP contribution in [-0.2, 0) is 11.2 Å². The quantitative estimate of drug-likeness (QED) is 0.893. The van der Waals surface area contributed by atoms with E-state index in [1.165, 1.54) is 0 Å². The van der Waals surface area contributed by atoms with Gasteiger partial charge < -0.3 is 10.8 Å². The molecule has 4 heteroatoms. The predicted molar refractivity (Wildman–Crippen MR) is 75.1 cm³/mol. The van der Waals surface area contributed by atoms with E-state index in [1.807, 2.05) is 42.5 Å². The highest BCUT2D eigenvalue weighted by Gasteiger charge is 2.15. The minimum atomic E-state index is -0.833. The summed E-state index contributed by atoms with van der Waals surface area (Å²) in [4.78, 5) is 10.9. The lowest BCUT2D eigenvalue weighted by Crippen LogP contribution is -2.25. The lowest BCUT2D eigenvalue weighted by Gasteiger charge is -2.10. The van der Waals surface area contributed by atoms with Gasteiger partial charge in [0, 0.05) is 6.54 Å². The van der Waals surface area contributed by atoms with Gasteiger partial charge in [0.25, 0.3) is 0 Å². The Bertz CT molecular complexity index is 542. The molecule has 2 aromatic rings. The summed E-state index contributed by atoms with van der Waals surface area (Å²) < 4.78 is 0. The second-order valence-electron chi connectivity index (χ2n) is 4.16. The van der Waals surface area contributed by atoms with Crippen LogP contribution in [-0.4, -0.2) is 17.6 Å². The number of hydrogen-bond acceptors (Lipinski definition) is 2. The molecule has 0 radical (unpaired) electrons. The molecule has 3 N–H and O–H groups in total. The van der Waals surface area contributed by atoms with Crippen molar-refractivity contribution in [1.29, 1.82) is 0 Å². The third-order valence-electron chi connectivity index (χ3n) is 2.93. The first kappa shape index (κ1) is 14.5. The zero-order valence-corrected chi connectivity index (χ0v) is 10.7. The highest BCUT2D eigenvalue weighted by molar-refractivity contribution is 5.85. The SMILES string of the molecule is Cl.NC[C@@H](Cc1ccc2ccccc2c1)C(=O)O. The number of benzene rings is 2. The van der Waals surface area contributed by atoms with Crippen molar-refractivity contribution in [2.75, 3.05) is 6.54 Å². The van der Waals surface area contributed by atoms with E-state index in [0.717, 1.165) is 16.3 Å². The number of nitrogens with two attached hydrogens (primary N) is 1. The largest absolute Gasteiger partial charge is 0.481 e. The molecule has 0 amide bonds. The summed E-state index contributed by atoms with van der Waals surface area (Å²) in [5.74, 6) is -1.34. The molecule has 0 bridgehead atoms. The van der Waals surface area contributed by atoms with Crippen LogP contribution in [0.2, 0.25) is 0 Å². The fourth-order valence-corrected chi connectivity index (χ4v) is 1.92. The molecule has 0 heterocycles. The highest BCUT2D eigenvalue weighted by Crippen LogP contribution is 2.17. The number of carboxylic acids is 1. The first-order valence-electron chi connectivity index (χ1n) is 5.61. The van der Waals surface area contributed by atoms with Crippen LogP contribution < -0.4 is 5.73 Å². The van der Waals surface area contributed by atoms with E-state index in [-0.39, 0.29) is 19.0 Å². The van der Waals surface area contributed by atoms with Gasteiger partial charge in [-0.2, -0.15) is 0 Å². The monoisotopic (exact) mass is 265 g/mol. The van der Waals surface area contributed by atoms with Gasteiger partial charge in [0.05, 0.1) is 5.92 Å². The number of hydrogen-bond donors (Lipinski definition) is 2. The molecule has 18 heavy (non-hydrogen) atoms. The number of halogens is 1. The lowest BCUT2D eigenvalue weighted by atomic mass is 9.97. The Morgan fingerprint density at radius 1 is 1.17 bits per heavy atom. The van der Waals surface area contributed by atoms with Gasteiger partial charge in [0.15, 0.2) is 0 Å². The fourth-order valence-electron chi connectivity index (χ4n) is 1.92. The van der Waals surface area contributed by atoms with E-state index in [2.05, 4.69) is 0 Å². The summed E-state index contributed by atoms with van der Waals surface area (Å²) in [6.07, 6.45) is 0.483. The standard InChI is InChI=1S/C14H15NO2.ClH/c15-9-13(14(16)17)8-10-5-6-11-3-1-2-4-12(11)7-10;/h1-7,13H,8-9,15H2,(H,16,17);1H/t13-;/m1./s1. The Morgan fingerprint density at radius 3 is 2.44 bits per heavy atom. The third-order valence-corrected chi connectivity index (χ3v) is 2.93. The maximum atomic E-state index is 10.9. The molecular formula is C14H16ClNO2. The number of aliphatic carboxylic acids is 1. The molecule has 0 saturated heterocycles. The molecule has 0 spiro atoms. The van der Waals surface area contributed by atoms with Crippen molar-refractivity contribution < 1.29 is 9.90 Å². The zero-order chi connectivity index (χ0) is 12.3. The smallest absolute Gasteiger partial charge is 0.308 e. The van der Waals surface area contributed by atoms with Gasteiger partial charge in [-0.05, 0) is 22.8 Å². The highest BCUT2D eigenvalue weighted by atomic mass is 35.5. The summed E-state index contributed by atoms with van der Waals surface area (Å²) in [6, 6.07) is 14.0. The molecule has 0 saturated carbocycles. The molecule has 1 atom stereocenters. The zero-order valence-electron chi connectivity index (χ0n) is 9.87. The van der Waals surface area contributed by atoms with Crippen LogP contribution in [0, 0.1) is 5.92 Å². The van der Waals surface area contributed by atoms with Crippen LogP contribution in [0.1, 0.15) is 5.56 Å². The molecule has 0 aliphatic rings. The van der Waals surface area contributed by atoms with Gasteiger partial charge in [-0.15, -0.1) is 12.4 Å². The average molecular weight is 266 g/mol. The topological polar surface area (TPSA) is 63.3 Å². The second-order valence-corrected chi connectivity index (χ2v) is 4.16. The molecule has 2 aromatic carbocycles. The molecule has 0 aromatic heterocycles. The van der Waals surface area contributed by atoms with Crippen LogP contribution >= 0.6 is 12.4 Å². The summed E-state index contributed by atoms with van der Waals surface area (Å²) in [5, 5.41) is 11.3. The number of rotatable bonds is 4. The minimum absolute atomic E-state index is 0. The Labute approximate surface area is 112 Å². The van der Waals surface area contributed by atoms with Crippen molar-refractivity contribution in [2.24, 2.45) is 11.7 Å². The van der Waals surface area contributed by atoms with Crippen LogP contribution in [0.15, 0.2) is 42.5 Å². The van der Waals surface area contributed by atoms with E-state index in [0.29, 0.717) is 6.42 Å². The van der Waals surface area contributed by atoms with E-state index in [9.17, 15) is 4.79 Å². The first-order valence-corrected chi connectivity index (χ1v) is 5.61.